The molecule has 0 fully saturated rings. The average molecular weight is 475 g/mol. The average Bonchev–Trinajstić information content (AvgIpc) is 2.84. The Bertz CT molecular complexity index is 1350. The molecule has 4 rings (SSSR count). The predicted molar refractivity (Wildman–Crippen MR) is 132 cm³/mol. The van der Waals surface area contributed by atoms with Crippen molar-refractivity contribution in [2.75, 3.05) is 6.61 Å². The zero-order valence-electron chi connectivity index (χ0n) is 18.3. The molecule has 0 aliphatic heterocycles. The number of ether oxygens (including phenoxy) is 1. The first kappa shape index (κ1) is 23.3. The topological polar surface area (TPSA) is 88.3 Å². The Labute approximate surface area is 201 Å². The van der Waals surface area contributed by atoms with Crippen LogP contribution >= 0.6 is 11.6 Å². The zero-order valence-corrected chi connectivity index (χ0v) is 19.0. The summed E-state index contributed by atoms with van der Waals surface area (Å²) in [5, 5.41) is 4.06. The second-order valence-electron chi connectivity index (χ2n) is 7.84. The Morgan fingerprint density at radius 1 is 0.941 bits per heavy atom. The number of benzene rings is 3. The smallest absolute Gasteiger partial charge is 0.329 e. The number of carbonyl (C=O) groups excluding carboxylic acids is 2. The van der Waals surface area contributed by atoms with Gasteiger partial charge in [0.25, 0.3) is 5.91 Å². The Kier molecular flexibility index (Phi) is 7.40. The molecular formula is C27H23ClN2O4. The van der Waals surface area contributed by atoms with Crippen LogP contribution in [0.15, 0.2) is 89.7 Å². The third-order valence-corrected chi connectivity index (χ3v) is 5.69. The Morgan fingerprint density at radius 3 is 2.41 bits per heavy atom. The molecular weight excluding hydrogens is 452 g/mol. The fraction of sp³-hybridized carbons (Fsp3) is 0.148. The number of aromatic nitrogens is 1. The molecule has 34 heavy (non-hydrogen) atoms. The highest BCUT2D eigenvalue weighted by atomic mass is 35.5. The van der Waals surface area contributed by atoms with E-state index < -0.39 is 17.9 Å². The molecule has 6 nitrogen and oxygen atoms in total. The number of pyridine rings is 1. The molecule has 4 aromatic rings. The maximum Gasteiger partial charge on any atom is 0.329 e. The van der Waals surface area contributed by atoms with E-state index in [4.69, 9.17) is 16.3 Å². The molecule has 2 N–H and O–H groups in total. The van der Waals surface area contributed by atoms with Crippen molar-refractivity contribution in [2.45, 2.75) is 18.9 Å². The minimum Gasteiger partial charge on any atom is -0.464 e. The zero-order chi connectivity index (χ0) is 23.9. The maximum atomic E-state index is 13.0. The van der Waals surface area contributed by atoms with Crippen molar-refractivity contribution >= 4 is 34.4 Å². The normalized spacial score (nSPS) is 11.7. The quantitative estimate of drug-likeness (QED) is 0.372. The van der Waals surface area contributed by atoms with Gasteiger partial charge < -0.3 is 15.0 Å². The van der Waals surface area contributed by atoms with Crippen molar-refractivity contribution < 1.29 is 14.3 Å². The van der Waals surface area contributed by atoms with E-state index in [1.54, 1.807) is 30.3 Å². The first-order valence-corrected chi connectivity index (χ1v) is 11.3. The summed E-state index contributed by atoms with van der Waals surface area (Å²) in [7, 11) is 0. The van der Waals surface area contributed by atoms with Gasteiger partial charge in [-0.15, -0.1) is 0 Å². The van der Waals surface area contributed by atoms with E-state index in [-0.39, 0.29) is 18.6 Å². The highest BCUT2D eigenvalue weighted by Gasteiger charge is 2.24. The first-order valence-electron chi connectivity index (χ1n) is 10.9. The fourth-order valence-corrected chi connectivity index (χ4v) is 3.84. The molecule has 0 aliphatic rings. The van der Waals surface area contributed by atoms with E-state index >= 15 is 0 Å². The Balaban J connectivity index is 1.55. The lowest BCUT2D eigenvalue weighted by molar-refractivity contribution is -0.145. The molecule has 0 bridgehead atoms. The van der Waals surface area contributed by atoms with E-state index in [0.29, 0.717) is 28.1 Å². The number of fused-ring (bicyclic) bond motifs is 1. The number of para-hydroxylation sites is 1. The summed E-state index contributed by atoms with van der Waals surface area (Å²) in [6.45, 7) is 0.173. The van der Waals surface area contributed by atoms with Crippen LogP contribution in [0.3, 0.4) is 0 Å². The number of carbonyl (C=O) groups is 2. The summed E-state index contributed by atoms with van der Waals surface area (Å²) in [4.78, 5) is 40.9. The molecule has 3 aromatic carbocycles. The fourth-order valence-electron chi connectivity index (χ4n) is 3.72. The van der Waals surface area contributed by atoms with Crippen LogP contribution in [0.1, 0.15) is 21.5 Å². The van der Waals surface area contributed by atoms with Crippen LogP contribution in [0.2, 0.25) is 5.02 Å². The molecule has 0 saturated carbocycles. The molecule has 0 saturated heterocycles. The standard InChI is InChI=1S/C27H23ClN2O4/c28-21-12-10-19(11-13-21)26(32)30-24(27(33)34-15-14-18-6-2-1-3-7-18)16-20-17-25(31)29-23-9-5-4-8-22(20)23/h1-13,17,24H,14-16H2,(H,29,31)(H,30,32). The van der Waals surface area contributed by atoms with Crippen molar-refractivity contribution in [2.24, 2.45) is 0 Å². The van der Waals surface area contributed by atoms with E-state index in [9.17, 15) is 14.4 Å². The van der Waals surface area contributed by atoms with Crippen LogP contribution in [0.5, 0.6) is 0 Å². The van der Waals surface area contributed by atoms with E-state index in [0.717, 1.165) is 10.9 Å². The lowest BCUT2D eigenvalue weighted by atomic mass is 10.0. The van der Waals surface area contributed by atoms with Gasteiger partial charge in [-0.1, -0.05) is 60.1 Å². The molecule has 1 amide bonds. The molecule has 0 aliphatic carbocycles. The predicted octanol–water partition coefficient (Wildman–Crippen LogP) is 4.31. The molecule has 1 unspecified atom stereocenters. The largest absolute Gasteiger partial charge is 0.464 e. The number of amides is 1. The third-order valence-electron chi connectivity index (χ3n) is 5.43. The maximum absolute atomic E-state index is 13.0. The third kappa shape index (κ3) is 5.91. The van der Waals surface area contributed by atoms with Gasteiger partial charge in [0.1, 0.15) is 6.04 Å². The number of rotatable bonds is 8. The molecule has 1 atom stereocenters. The summed E-state index contributed by atoms with van der Waals surface area (Å²) >= 11 is 5.92. The highest BCUT2D eigenvalue weighted by molar-refractivity contribution is 6.30. The number of hydrogen-bond acceptors (Lipinski definition) is 4. The van der Waals surface area contributed by atoms with Gasteiger partial charge in [0.15, 0.2) is 0 Å². The number of H-pyrrole nitrogens is 1. The molecule has 172 valence electrons. The Hall–Kier alpha value is -3.90. The van der Waals surface area contributed by atoms with Crippen LogP contribution in [-0.2, 0) is 22.4 Å². The van der Waals surface area contributed by atoms with Crippen LogP contribution < -0.4 is 10.9 Å². The van der Waals surface area contributed by atoms with E-state index in [1.807, 2.05) is 48.5 Å². The number of esters is 1. The van der Waals surface area contributed by atoms with Crippen molar-refractivity contribution in [1.29, 1.82) is 0 Å². The molecule has 1 aromatic heterocycles. The lowest BCUT2D eigenvalue weighted by Crippen LogP contribution is -2.43. The minimum absolute atomic E-state index is 0.105. The van der Waals surface area contributed by atoms with Crippen LogP contribution in [0.4, 0.5) is 0 Å². The van der Waals surface area contributed by atoms with Gasteiger partial charge in [-0.25, -0.2) is 4.79 Å². The van der Waals surface area contributed by atoms with Gasteiger partial charge in [0, 0.05) is 40.4 Å². The van der Waals surface area contributed by atoms with Crippen molar-refractivity contribution in [3.8, 4) is 0 Å². The van der Waals surface area contributed by atoms with Gasteiger partial charge in [-0.3, -0.25) is 9.59 Å². The van der Waals surface area contributed by atoms with Crippen molar-refractivity contribution in [1.82, 2.24) is 10.3 Å². The summed E-state index contributed by atoms with van der Waals surface area (Å²) in [5.41, 5.74) is 2.42. The SMILES string of the molecule is O=C(NC(Cc1cc(=O)[nH]c2ccccc12)C(=O)OCCc1ccccc1)c1ccc(Cl)cc1. The summed E-state index contributed by atoms with van der Waals surface area (Å²) in [6, 6.07) is 23.8. The molecule has 1 heterocycles. The van der Waals surface area contributed by atoms with Crippen molar-refractivity contribution in [3.63, 3.8) is 0 Å². The summed E-state index contributed by atoms with van der Waals surface area (Å²) in [6.07, 6.45) is 0.659. The summed E-state index contributed by atoms with van der Waals surface area (Å²) < 4.78 is 5.52. The second-order valence-corrected chi connectivity index (χ2v) is 8.28. The van der Waals surface area contributed by atoms with Gasteiger partial charge in [-0.05, 0) is 41.5 Å². The van der Waals surface area contributed by atoms with E-state index in [1.165, 1.54) is 6.07 Å². The monoisotopic (exact) mass is 474 g/mol. The minimum atomic E-state index is -0.982. The van der Waals surface area contributed by atoms with Gasteiger partial charge in [0.05, 0.1) is 6.61 Å². The van der Waals surface area contributed by atoms with Crippen molar-refractivity contribution in [3.05, 3.63) is 117 Å². The number of nitrogens with one attached hydrogen (secondary N) is 2. The molecule has 7 heteroatoms. The first-order chi connectivity index (χ1) is 16.5. The van der Waals surface area contributed by atoms with E-state index in [2.05, 4.69) is 10.3 Å². The van der Waals surface area contributed by atoms with Crippen LogP contribution in [-0.4, -0.2) is 29.5 Å². The molecule has 0 spiro atoms. The molecule has 0 radical (unpaired) electrons. The van der Waals surface area contributed by atoms with Crippen LogP contribution in [0.25, 0.3) is 10.9 Å². The number of halogens is 1. The van der Waals surface area contributed by atoms with Gasteiger partial charge in [-0.2, -0.15) is 0 Å². The second kappa shape index (κ2) is 10.8. The summed E-state index contributed by atoms with van der Waals surface area (Å²) in [5.74, 6) is -1.00. The number of aromatic amines is 1. The lowest BCUT2D eigenvalue weighted by Gasteiger charge is -2.19. The van der Waals surface area contributed by atoms with Gasteiger partial charge >= 0.3 is 5.97 Å². The number of hydrogen-bond donors (Lipinski definition) is 2. The Morgan fingerprint density at radius 2 is 1.65 bits per heavy atom. The van der Waals surface area contributed by atoms with Crippen LogP contribution in [0, 0.1) is 0 Å². The highest BCUT2D eigenvalue weighted by Crippen LogP contribution is 2.17. The van der Waals surface area contributed by atoms with Gasteiger partial charge in [0.2, 0.25) is 5.56 Å².